The van der Waals surface area contributed by atoms with Crippen LogP contribution in [0.5, 0.6) is 23.1 Å². The largest absolute Gasteiger partial charge is 0.497 e. The highest BCUT2D eigenvalue weighted by Crippen LogP contribution is 2.30. The van der Waals surface area contributed by atoms with E-state index in [1.54, 1.807) is 67.9 Å². The van der Waals surface area contributed by atoms with Crippen molar-refractivity contribution in [3.8, 4) is 23.1 Å². The van der Waals surface area contributed by atoms with Crippen molar-refractivity contribution in [3.63, 3.8) is 0 Å². The SMILES string of the molecule is CCOc1ccccc1Oc1ccc(CNC(=O)c2ccccc2NC(=O)c2ccc(OC)cc2)cn1. The number of ether oxygens (including phenoxy) is 3. The van der Waals surface area contributed by atoms with E-state index in [-0.39, 0.29) is 18.4 Å². The lowest BCUT2D eigenvalue weighted by Crippen LogP contribution is -2.25. The fraction of sp³-hybridized carbons (Fsp3) is 0.138. The number of anilines is 1. The van der Waals surface area contributed by atoms with Crippen molar-refractivity contribution in [1.29, 1.82) is 0 Å². The van der Waals surface area contributed by atoms with Crippen molar-refractivity contribution in [3.05, 3.63) is 108 Å². The zero-order valence-corrected chi connectivity index (χ0v) is 20.6. The summed E-state index contributed by atoms with van der Waals surface area (Å²) < 4.78 is 16.5. The lowest BCUT2D eigenvalue weighted by molar-refractivity contribution is 0.0951. The van der Waals surface area contributed by atoms with E-state index >= 15 is 0 Å². The number of hydrogen-bond donors (Lipinski definition) is 2. The topological polar surface area (TPSA) is 98.8 Å². The smallest absolute Gasteiger partial charge is 0.255 e. The number of rotatable bonds is 10. The van der Waals surface area contributed by atoms with Gasteiger partial charge in [-0.3, -0.25) is 9.59 Å². The normalized spacial score (nSPS) is 10.3. The molecular formula is C29H27N3O5. The summed E-state index contributed by atoms with van der Waals surface area (Å²) in [7, 11) is 1.56. The molecule has 0 radical (unpaired) electrons. The second kappa shape index (κ2) is 12.2. The first kappa shape index (κ1) is 25.2. The maximum atomic E-state index is 12.9. The number of pyridine rings is 1. The molecule has 0 atom stereocenters. The molecule has 4 aromatic rings. The summed E-state index contributed by atoms with van der Waals surface area (Å²) in [6, 6.07) is 24.5. The number of benzene rings is 3. The highest BCUT2D eigenvalue weighted by Gasteiger charge is 2.14. The van der Waals surface area contributed by atoms with Gasteiger partial charge in [0.15, 0.2) is 11.5 Å². The lowest BCUT2D eigenvalue weighted by Gasteiger charge is -2.12. The number of carbonyl (C=O) groups excluding carboxylic acids is 2. The van der Waals surface area contributed by atoms with Crippen LogP contribution in [0.3, 0.4) is 0 Å². The fourth-order valence-corrected chi connectivity index (χ4v) is 3.50. The number of methoxy groups -OCH3 is 1. The molecule has 2 amide bonds. The summed E-state index contributed by atoms with van der Waals surface area (Å²) in [5.41, 5.74) is 2.01. The van der Waals surface area contributed by atoms with Gasteiger partial charge in [-0.25, -0.2) is 4.98 Å². The predicted octanol–water partition coefficient (Wildman–Crippen LogP) is 5.46. The molecule has 0 saturated heterocycles. The van der Waals surface area contributed by atoms with Crippen molar-refractivity contribution in [2.75, 3.05) is 19.0 Å². The van der Waals surface area contributed by atoms with Crippen molar-refractivity contribution in [1.82, 2.24) is 10.3 Å². The van der Waals surface area contributed by atoms with Crippen LogP contribution in [-0.2, 0) is 6.54 Å². The van der Waals surface area contributed by atoms with Gasteiger partial charge in [-0.15, -0.1) is 0 Å². The third-order valence-electron chi connectivity index (χ3n) is 5.39. The number of nitrogens with zero attached hydrogens (tertiary/aromatic N) is 1. The molecule has 4 rings (SSSR count). The minimum absolute atomic E-state index is 0.252. The first-order chi connectivity index (χ1) is 18.1. The van der Waals surface area contributed by atoms with Crippen LogP contribution in [0.1, 0.15) is 33.2 Å². The Labute approximate surface area is 215 Å². The first-order valence-corrected chi connectivity index (χ1v) is 11.7. The third-order valence-corrected chi connectivity index (χ3v) is 5.39. The van der Waals surface area contributed by atoms with Crippen LogP contribution in [0.25, 0.3) is 0 Å². The van der Waals surface area contributed by atoms with Crippen LogP contribution in [0.15, 0.2) is 91.1 Å². The van der Waals surface area contributed by atoms with Crippen LogP contribution in [0, 0.1) is 0 Å². The van der Waals surface area contributed by atoms with Crippen molar-refractivity contribution >= 4 is 17.5 Å². The Hall–Kier alpha value is -4.85. The maximum Gasteiger partial charge on any atom is 0.255 e. The van der Waals surface area contributed by atoms with Gasteiger partial charge in [0.25, 0.3) is 11.8 Å². The maximum absolute atomic E-state index is 12.9. The highest BCUT2D eigenvalue weighted by atomic mass is 16.5. The molecule has 8 nitrogen and oxygen atoms in total. The lowest BCUT2D eigenvalue weighted by atomic mass is 10.1. The van der Waals surface area contributed by atoms with E-state index in [2.05, 4.69) is 15.6 Å². The van der Waals surface area contributed by atoms with E-state index in [0.717, 1.165) is 5.56 Å². The molecule has 2 N–H and O–H groups in total. The van der Waals surface area contributed by atoms with Crippen LogP contribution in [0.2, 0.25) is 0 Å². The quantitative estimate of drug-likeness (QED) is 0.302. The molecule has 37 heavy (non-hydrogen) atoms. The summed E-state index contributed by atoms with van der Waals surface area (Å²) >= 11 is 0. The average Bonchev–Trinajstić information content (AvgIpc) is 2.94. The van der Waals surface area contributed by atoms with E-state index in [4.69, 9.17) is 14.2 Å². The standard InChI is InChI=1S/C29H27N3O5/c1-3-36-25-10-6-7-11-26(25)37-27-17-12-20(18-30-27)19-31-29(34)23-8-4-5-9-24(23)32-28(33)21-13-15-22(35-2)16-14-21/h4-18H,3,19H2,1-2H3,(H,31,34)(H,32,33). The molecule has 0 bridgehead atoms. The summed E-state index contributed by atoms with van der Waals surface area (Å²) in [6.07, 6.45) is 1.64. The number of nitrogens with one attached hydrogen (secondary N) is 2. The fourth-order valence-electron chi connectivity index (χ4n) is 3.50. The number of hydrogen-bond acceptors (Lipinski definition) is 6. The monoisotopic (exact) mass is 497 g/mol. The Morgan fingerprint density at radius 2 is 1.57 bits per heavy atom. The van der Waals surface area contributed by atoms with Gasteiger partial charge < -0.3 is 24.8 Å². The van der Waals surface area contributed by atoms with Crippen molar-refractivity contribution in [2.45, 2.75) is 13.5 Å². The average molecular weight is 498 g/mol. The zero-order valence-electron chi connectivity index (χ0n) is 20.6. The van der Waals surface area contributed by atoms with Gasteiger partial charge in [0, 0.05) is 24.4 Å². The Balaban J connectivity index is 1.37. The van der Waals surface area contributed by atoms with Crippen LogP contribution in [0.4, 0.5) is 5.69 Å². The number of carbonyl (C=O) groups is 2. The molecule has 0 fully saturated rings. The first-order valence-electron chi connectivity index (χ1n) is 11.7. The molecule has 0 unspecified atom stereocenters. The Morgan fingerprint density at radius 1 is 0.838 bits per heavy atom. The van der Waals surface area contributed by atoms with Crippen molar-refractivity contribution in [2.24, 2.45) is 0 Å². The molecule has 0 aliphatic carbocycles. The second-order valence-corrected chi connectivity index (χ2v) is 7.90. The van der Waals surface area contributed by atoms with E-state index in [1.807, 2.05) is 37.3 Å². The molecule has 0 spiro atoms. The van der Waals surface area contributed by atoms with Gasteiger partial charge in [0.1, 0.15) is 5.75 Å². The van der Waals surface area contributed by atoms with Gasteiger partial charge in [-0.1, -0.05) is 30.3 Å². The molecule has 8 heteroatoms. The molecule has 3 aromatic carbocycles. The molecular weight excluding hydrogens is 470 g/mol. The molecule has 1 heterocycles. The molecule has 1 aromatic heterocycles. The number of amides is 2. The number of para-hydroxylation sites is 3. The Morgan fingerprint density at radius 3 is 2.27 bits per heavy atom. The molecule has 0 saturated carbocycles. The van der Waals surface area contributed by atoms with E-state index in [9.17, 15) is 9.59 Å². The zero-order chi connectivity index (χ0) is 26.0. The highest BCUT2D eigenvalue weighted by molar-refractivity contribution is 6.09. The van der Waals surface area contributed by atoms with E-state index < -0.39 is 0 Å². The predicted molar refractivity (Wildman–Crippen MR) is 140 cm³/mol. The Kier molecular flexibility index (Phi) is 8.33. The molecule has 188 valence electrons. The van der Waals surface area contributed by atoms with Gasteiger partial charge in [-0.05, 0) is 61.0 Å². The minimum atomic E-state index is -0.325. The van der Waals surface area contributed by atoms with Gasteiger partial charge >= 0.3 is 0 Å². The summed E-state index contributed by atoms with van der Waals surface area (Å²) in [4.78, 5) is 29.9. The molecule has 0 aliphatic heterocycles. The summed E-state index contributed by atoms with van der Waals surface area (Å²) in [5, 5.41) is 5.68. The number of aromatic nitrogens is 1. The second-order valence-electron chi connectivity index (χ2n) is 7.90. The minimum Gasteiger partial charge on any atom is -0.497 e. The van der Waals surface area contributed by atoms with Crippen LogP contribution in [-0.4, -0.2) is 30.5 Å². The van der Waals surface area contributed by atoms with Gasteiger partial charge in [0.05, 0.1) is 25.0 Å². The molecule has 0 aliphatic rings. The van der Waals surface area contributed by atoms with Crippen LogP contribution < -0.4 is 24.8 Å². The third kappa shape index (κ3) is 6.64. The van der Waals surface area contributed by atoms with Crippen molar-refractivity contribution < 1.29 is 23.8 Å². The van der Waals surface area contributed by atoms with Gasteiger partial charge in [-0.2, -0.15) is 0 Å². The summed E-state index contributed by atoms with van der Waals surface area (Å²) in [5.74, 6) is 1.63. The van der Waals surface area contributed by atoms with E-state index in [0.29, 0.717) is 46.5 Å². The summed E-state index contributed by atoms with van der Waals surface area (Å²) in [6.45, 7) is 2.69. The van der Waals surface area contributed by atoms with Crippen LogP contribution >= 0.6 is 0 Å². The van der Waals surface area contributed by atoms with Gasteiger partial charge in [0.2, 0.25) is 5.88 Å². The Bertz CT molecular complexity index is 1350. The van der Waals surface area contributed by atoms with E-state index in [1.165, 1.54) is 0 Å².